The normalized spacial score (nSPS) is 17.9. The summed E-state index contributed by atoms with van der Waals surface area (Å²) in [4.78, 5) is 0. The Morgan fingerprint density at radius 1 is 1.56 bits per heavy atom. The molecule has 1 unspecified atom stereocenters. The molecule has 0 aromatic carbocycles. The molecule has 9 heavy (non-hydrogen) atoms. The molecule has 0 radical (unpaired) electrons. The van der Waals surface area contributed by atoms with E-state index in [2.05, 4.69) is 9.20 Å². The van der Waals surface area contributed by atoms with Crippen molar-refractivity contribution < 1.29 is 19.0 Å². The van der Waals surface area contributed by atoms with E-state index < -0.39 is 7.60 Å². The number of rotatable bonds is 3. The van der Waals surface area contributed by atoms with Gasteiger partial charge in [0.25, 0.3) is 0 Å². The van der Waals surface area contributed by atoms with Crippen molar-refractivity contribution in [1.29, 1.82) is 0 Å². The van der Waals surface area contributed by atoms with Crippen LogP contribution in [-0.4, -0.2) is 18.0 Å². The monoisotopic (exact) mass is 154 g/mol. The molecule has 0 spiro atoms. The average Bonchev–Trinajstić information content (AvgIpc) is 1.63. The highest BCUT2D eigenvalue weighted by Gasteiger charge is 2.17. The van der Waals surface area contributed by atoms with Gasteiger partial charge in [0, 0.05) is 6.66 Å². The van der Waals surface area contributed by atoms with Crippen LogP contribution in [0.1, 0.15) is 13.8 Å². The maximum atomic E-state index is 10.7. The van der Waals surface area contributed by atoms with Gasteiger partial charge in [0.05, 0.1) is 6.10 Å². The molecule has 0 saturated heterocycles. The van der Waals surface area contributed by atoms with Crippen LogP contribution in [0.25, 0.3) is 0 Å². The van der Waals surface area contributed by atoms with Gasteiger partial charge in [-0.2, -0.15) is 4.67 Å². The first-order valence-corrected chi connectivity index (χ1v) is 4.56. The van der Waals surface area contributed by atoms with Crippen molar-refractivity contribution in [2.75, 3.05) is 6.66 Å². The molecule has 4 nitrogen and oxygen atoms in total. The Bertz CT molecular complexity index is 122. The predicted octanol–water partition coefficient (Wildman–Crippen LogP) is 1.72. The maximum Gasteiger partial charge on any atom is 0.355 e. The molecule has 1 N–H and O–H groups in total. The third-order valence-corrected chi connectivity index (χ3v) is 1.65. The molecule has 0 aromatic rings. The fraction of sp³-hybridized carbons (Fsp3) is 1.00. The summed E-state index contributed by atoms with van der Waals surface area (Å²) < 4.78 is 19.0. The van der Waals surface area contributed by atoms with Gasteiger partial charge in [0.15, 0.2) is 0 Å². The number of hydrogen-bond donors (Lipinski definition) is 1. The predicted molar refractivity (Wildman–Crippen MR) is 33.5 cm³/mol. The Labute approximate surface area is 54.2 Å². The van der Waals surface area contributed by atoms with Gasteiger partial charge >= 0.3 is 7.60 Å². The summed E-state index contributed by atoms with van der Waals surface area (Å²) in [5.41, 5.74) is 0. The molecule has 1 atom stereocenters. The van der Waals surface area contributed by atoms with E-state index in [-0.39, 0.29) is 6.10 Å². The van der Waals surface area contributed by atoms with E-state index in [0.717, 1.165) is 0 Å². The van der Waals surface area contributed by atoms with E-state index in [4.69, 9.17) is 5.26 Å². The van der Waals surface area contributed by atoms with Crippen molar-refractivity contribution in [1.82, 2.24) is 0 Å². The highest BCUT2D eigenvalue weighted by Crippen LogP contribution is 2.43. The Morgan fingerprint density at radius 3 is 2.11 bits per heavy atom. The minimum atomic E-state index is -3.17. The van der Waals surface area contributed by atoms with Crippen molar-refractivity contribution in [3.63, 3.8) is 0 Å². The highest BCUT2D eigenvalue weighted by atomic mass is 31.2. The summed E-state index contributed by atoms with van der Waals surface area (Å²) >= 11 is 0. The molecule has 0 saturated carbocycles. The average molecular weight is 154 g/mol. The van der Waals surface area contributed by atoms with Crippen molar-refractivity contribution in [3.8, 4) is 0 Å². The minimum Gasteiger partial charge on any atom is -0.304 e. The zero-order valence-electron chi connectivity index (χ0n) is 5.70. The Morgan fingerprint density at radius 2 is 2.00 bits per heavy atom. The molecular formula is C4H11O4P. The van der Waals surface area contributed by atoms with Gasteiger partial charge < -0.3 is 4.52 Å². The van der Waals surface area contributed by atoms with Crippen LogP contribution in [0, 0.1) is 0 Å². The minimum absolute atomic E-state index is 0.201. The Hall–Kier alpha value is 0.110. The second-order valence-corrected chi connectivity index (χ2v) is 3.92. The Kier molecular flexibility index (Phi) is 3.36. The first kappa shape index (κ1) is 9.11. The zero-order chi connectivity index (χ0) is 7.49. The van der Waals surface area contributed by atoms with Crippen LogP contribution in [0.3, 0.4) is 0 Å². The quantitative estimate of drug-likeness (QED) is 0.382. The zero-order valence-corrected chi connectivity index (χ0v) is 6.59. The van der Waals surface area contributed by atoms with Crippen molar-refractivity contribution >= 4 is 7.60 Å². The molecule has 5 heteroatoms. The van der Waals surface area contributed by atoms with Crippen LogP contribution in [0.5, 0.6) is 0 Å². The van der Waals surface area contributed by atoms with Crippen LogP contribution in [-0.2, 0) is 13.8 Å². The standard InChI is InChI=1S/C4H11O4P/c1-4(2)7-9(3,6)8-5/h4-5H,1-3H3. The van der Waals surface area contributed by atoms with Gasteiger partial charge in [-0.3, -0.25) is 4.57 Å². The highest BCUT2D eigenvalue weighted by molar-refractivity contribution is 7.52. The van der Waals surface area contributed by atoms with Crippen LogP contribution >= 0.6 is 7.60 Å². The fourth-order valence-electron chi connectivity index (χ4n) is 0.402. The van der Waals surface area contributed by atoms with E-state index in [1.807, 2.05) is 0 Å². The van der Waals surface area contributed by atoms with E-state index >= 15 is 0 Å². The van der Waals surface area contributed by atoms with Gasteiger partial charge in [-0.15, -0.1) is 0 Å². The molecule has 0 aliphatic heterocycles. The lowest BCUT2D eigenvalue weighted by molar-refractivity contribution is -0.149. The second-order valence-electron chi connectivity index (χ2n) is 2.01. The molecule has 0 fully saturated rings. The molecule has 0 rings (SSSR count). The Balaban J connectivity index is 3.73. The number of hydrogen-bond acceptors (Lipinski definition) is 4. The lowest BCUT2D eigenvalue weighted by Gasteiger charge is -2.11. The summed E-state index contributed by atoms with van der Waals surface area (Å²) in [6, 6.07) is 0. The lowest BCUT2D eigenvalue weighted by Crippen LogP contribution is -2.00. The van der Waals surface area contributed by atoms with Crippen LogP contribution in [0.2, 0.25) is 0 Å². The molecule has 0 bridgehead atoms. The molecule has 0 aliphatic carbocycles. The SMILES string of the molecule is CC(C)OP(C)(=O)OO. The third kappa shape index (κ3) is 4.60. The largest absolute Gasteiger partial charge is 0.355 e. The van der Waals surface area contributed by atoms with Gasteiger partial charge in [0.2, 0.25) is 0 Å². The third-order valence-electron chi connectivity index (χ3n) is 0.551. The molecule has 56 valence electrons. The summed E-state index contributed by atoms with van der Waals surface area (Å²) in [5, 5.41) is 7.95. The maximum absolute atomic E-state index is 10.7. The van der Waals surface area contributed by atoms with E-state index in [9.17, 15) is 4.57 Å². The molecule has 0 amide bonds. The van der Waals surface area contributed by atoms with Gasteiger partial charge in [0.1, 0.15) is 0 Å². The van der Waals surface area contributed by atoms with Crippen LogP contribution in [0.15, 0.2) is 0 Å². The smallest absolute Gasteiger partial charge is 0.304 e. The van der Waals surface area contributed by atoms with Gasteiger partial charge in [-0.1, -0.05) is 0 Å². The summed E-state index contributed by atoms with van der Waals surface area (Å²) in [5.74, 6) is 0. The summed E-state index contributed by atoms with van der Waals surface area (Å²) in [7, 11) is -3.17. The fourth-order valence-corrected chi connectivity index (χ4v) is 1.21. The molecule has 0 aromatic heterocycles. The van der Waals surface area contributed by atoms with Gasteiger partial charge in [-0.25, -0.2) is 5.26 Å². The molecular weight excluding hydrogens is 143 g/mol. The second kappa shape index (κ2) is 3.32. The van der Waals surface area contributed by atoms with Crippen molar-refractivity contribution in [3.05, 3.63) is 0 Å². The summed E-state index contributed by atoms with van der Waals surface area (Å²) in [6.45, 7) is 4.61. The van der Waals surface area contributed by atoms with E-state index in [0.29, 0.717) is 0 Å². The van der Waals surface area contributed by atoms with Crippen LogP contribution in [0.4, 0.5) is 0 Å². The van der Waals surface area contributed by atoms with Crippen LogP contribution < -0.4 is 0 Å². The molecule has 0 heterocycles. The summed E-state index contributed by atoms with van der Waals surface area (Å²) in [6.07, 6.45) is -0.201. The first-order valence-electron chi connectivity index (χ1n) is 2.57. The van der Waals surface area contributed by atoms with Crippen molar-refractivity contribution in [2.24, 2.45) is 0 Å². The lowest BCUT2D eigenvalue weighted by atomic mass is 10.5. The van der Waals surface area contributed by atoms with Gasteiger partial charge in [-0.05, 0) is 13.8 Å². The topological polar surface area (TPSA) is 55.8 Å². The van der Waals surface area contributed by atoms with E-state index in [1.54, 1.807) is 13.8 Å². The van der Waals surface area contributed by atoms with E-state index in [1.165, 1.54) is 6.66 Å². The van der Waals surface area contributed by atoms with Crippen molar-refractivity contribution in [2.45, 2.75) is 20.0 Å². The molecule has 0 aliphatic rings. The first-order chi connectivity index (χ1) is 3.98.